The number of carbonyl (C=O) groups excluding carboxylic acids is 1. The van der Waals surface area contributed by atoms with E-state index in [1.807, 2.05) is 11.4 Å². The van der Waals surface area contributed by atoms with Gasteiger partial charge in [-0.1, -0.05) is 25.7 Å². The second-order valence-electron chi connectivity index (χ2n) is 5.56. The van der Waals surface area contributed by atoms with Gasteiger partial charge in [0.25, 0.3) is 5.91 Å². The van der Waals surface area contributed by atoms with Crippen molar-refractivity contribution in [2.45, 2.75) is 39.2 Å². The van der Waals surface area contributed by atoms with Crippen LogP contribution in [0.2, 0.25) is 0 Å². The van der Waals surface area contributed by atoms with Crippen molar-refractivity contribution in [1.29, 1.82) is 0 Å². The predicted molar refractivity (Wildman–Crippen MR) is 81.7 cm³/mol. The number of rotatable bonds is 2. The summed E-state index contributed by atoms with van der Waals surface area (Å²) in [6, 6.07) is 2.10. The Hall–Kier alpha value is -1.31. The minimum Gasteiger partial charge on any atom is -0.384 e. The summed E-state index contributed by atoms with van der Waals surface area (Å²) < 4.78 is 0. The van der Waals surface area contributed by atoms with Gasteiger partial charge in [0.15, 0.2) is 0 Å². The highest BCUT2D eigenvalue weighted by atomic mass is 32.1. The Morgan fingerprint density at radius 2 is 2.25 bits per heavy atom. The van der Waals surface area contributed by atoms with Gasteiger partial charge in [0.1, 0.15) is 11.5 Å². The molecule has 4 heteroatoms. The highest BCUT2D eigenvalue weighted by molar-refractivity contribution is 7.12. The van der Waals surface area contributed by atoms with E-state index in [2.05, 4.69) is 31.0 Å². The highest BCUT2D eigenvalue weighted by Gasteiger charge is 2.26. The number of amides is 1. The zero-order valence-corrected chi connectivity index (χ0v) is 12.8. The van der Waals surface area contributed by atoms with Gasteiger partial charge in [-0.05, 0) is 42.5 Å². The molecule has 1 fully saturated rings. The molecule has 2 rings (SSSR count). The largest absolute Gasteiger partial charge is 0.384 e. The summed E-state index contributed by atoms with van der Waals surface area (Å²) >= 11 is 1.40. The average molecular weight is 291 g/mol. The first-order chi connectivity index (χ1) is 9.61. The van der Waals surface area contributed by atoms with Gasteiger partial charge >= 0.3 is 0 Å². The van der Waals surface area contributed by atoms with Gasteiger partial charge < -0.3 is 10.4 Å². The van der Waals surface area contributed by atoms with E-state index in [1.54, 1.807) is 0 Å². The first-order valence-corrected chi connectivity index (χ1v) is 7.98. The van der Waals surface area contributed by atoms with Crippen molar-refractivity contribution in [3.8, 4) is 11.8 Å². The Kier molecular flexibility index (Phi) is 5.22. The van der Waals surface area contributed by atoms with Crippen LogP contribution in [0.5, 0.6) is 0 Å². The maximum absolute atomic E-state index is 12.3. The Labute approximate surface area is 124 Å². The van der Waals surface area contributed by atoms with E-state index in [9.17, 15) is 4.79 Å². The maximum Gasteiger partial charge on any atom is 0.262 e. The quantitative estimate of drug-likeness (QED) is 0.823. The summed E-state index contributed by atoms with van der Waals surface area (Å²) in [6.07, 6.45) is 3.28. The number of hydrogen-bond donors (Lipinski definition) is 2. The Balaban J connectivity index is 2.00. The molecule has 1 aromatic heterocycles. The number of hydrogen-bond acceptors (Lipinski definition) is 3. The van der Waals surface area contributed by atoms with Crippen molar-refractivity contribution in [3.63, 3.8) is 0 Å². The summed E-state index contributed by atoms with van der Waals surface area (Å²) in [6.45, 7) is 4.35. The van der Waals surface area contributed by atoms with E-state index in [0.29, 0.717) is 16.4 Å². The molecule has 0 saturated heterocycles. The molecule has 3 nitrogen and oxygen atoms in total. The molecular weight excluding hydrogens is 270 g/mol. The fourth-order valence-corrected chi connectivity index (χ4v) is 3.40. The van der Waals surface area contributed by atoms with E-state index < -0.39 is 0 Å². The standard InChI is InChI=1S/C16H21NO2S/c1-11-5-6-14(10-12(11)2)17-16(19)15-13(4-3-8-18)7-9-20-15/h7,9,11-12,14,18H,5-6,8,10H2,1-2H3,(H,17,19). The van der Waals surface area contributed by atoms with Crippen molar-refractivity contribution in [1.82, 2.24) is 5.32 Å². The SMILES string of the molecule is CC1CCC(NC(=O)c2sccc2C#CCO)CC1C. The van der Waals surface area contributed by atoms with Crippen molar-refractivity contribution in [3.05, 3.63) is 21.9 Å². The van der Waals surface area contributed by atoms with Gasteiger partial charge in [0, 0.05) is 11.6 Å². The lowest BCUT2D eigenvalue weighted by atomic mass is 9.79. The molecule has 1 aliphatic rings. The molecule has 2 N–H and O–H groups in total. The predicted octanol–water partition coefficient (Wildman–Crippen LogP) is 2.65. The van der Waals surface area contributed by atoms with Crippen molar-refractivity contribution in [2.24, 2.45) is 11.8 Å². The van der Waals surface area contributed by atoms with Crippen LogP contribution in [0.15, 0.2) is 11.4 Å². The molecule has 3 atom stereocenters. The van der Waals surface area contributed by atoms with Crippen LogP contribution >= 0.6 is 11.3 Å². The van der Waals surface area contributed by atoms with E-state index in [1.165, 1.54) is 17.8 Å². The van der Waals surface area contributed by atoms with Crippen LogP contribution in [0.4, 0.5) is 0 Å². The van der Waals surface area contributed by atoms with E-state index >= 15 is 0 Å². The van der Waals surface area contributed by atoms with Gasteiger partial charge in [0.2, 0.25) is 0 Å². The topological polar surface area (TPSA) is 49.3 Å². The Bertz CT molecular complexity index is 526. The molecule has 0 spiro atoms. The molecule has 0 radical (unpaired) electrons. The summed E-state index contributed by atoms with van der Waals surface area (Å²) in [4.78, 5) is 13.0. The fraction of sp³-hybridized carbons (Fsp3) is 0.562. The van der Waals surface area contributed by atoms with E-state index in [0.717, 1.165) is 18.8 Å². The minimum absolute atomic E-state index is 0.0333. The molecule has 1 heterocycles. The number of thiophene rings is 1. The van der Waals surface area contributed by atoms with Gasteiger partial charge in [-0.25, -0.2) is 0 Å². The van der Waals surface area contributed by atoms with Crippen LogP contribution in [0, 0.1) is 23.7 Å². The van der Waals surface area contributed by atoms with Crippen molar-refractivity contribution < 1.29 is 9.90 Å². The Morgan fingerprint density at radius 1 is 1.45 bits per heavy atom. The fourth-order valence-electron chi connectivity index (χ4n) is 2.65. The second kappa shape index (κ2) is 6.92. The third-order valence-corrected chi connectivity index (χ3v) is 5.02. The molecule has 0 bridgehead atoms. The molecule has 0 aliphatic heterocycles. The van der Waals surface area contributed by atoms with Crippen LogP contribution in [-0.4, -0.2) is 23.7 Å². The molecule has 108 valence electrons. The first kappa shape index (κ1) is 15.1. The normalized spacial score (nSPS) is 25.6. The molecule has 0 aromatic carbocycles. The van der Waals surface area contributed by atoms with Gasteiger partial charge in [0.05, 0.1) is 0 Å². The van der Waals surface area contributed by atoms with Crippen LogP contribution in [0.1, 0.15) is 48.3 Å². The van der Waals surface area contributed by atoms with E-state index in [4.69, 9.17) is 5.11 Å². The summed E-state index contributed by atoms with van der Waals surface area (Å²) in [5, 5.41) is 13.7. The zero-order chi connectivity index (χ0) is 14.5. The molecule has 1 saturated carbocycles. The Morgan fingerprint density at radius 3 is 2.95 bits per heavy atom. The monoisotopic (exact) mass is 291 g/mol. The molecule has 20 heavy (non-hydrogen) atoms. The molecule has 1 aromatic rings. The molecule has 3 unspecified atom stereocenters. The number of aliphatic hydroxyl groups is 1. The lowest BCUT2D eigenvalue weighted by Crippen LogP contribution is -2.39. The minimum atomic E-state index is -0.186. The first-order valence-electron chi connectivity index (χ1n) is 7.10. The maximum atomic E-state index is 12.3. The van der Waals surface area contributed by atoms with Crippen LogP contribution in [-0.2, 0) is 0 Å². The highest BCUT2D eigenvalue weighted by Crippen LogP contribution is 2.29. The third kappa shape index (κ3) is 3.62. The van der Waals surface area contributed by atoms with Crippen LogP contribution < -0.4 is 5.32 Å². The third-order valence-electron chi connectivity index (χ3n) is 4.11. The lowest BCUT2D eigenvalue weighted by Gasteiger charge is -2.32. The van der Waals surface area contributed by atoms with Crippen LogP contribution in [0.3, 0.4) is 0 Å². The van der Waals surface area contributed by atoms with Gasteiger partial charge in [-0.15, -0.1) is 11.3 Å². The molecule has 1 amide bonds. The summed E-state index contributed by atoms with van der Waals surface area (Å²) in [5.41, 5.74) is 0.707. The lowest BCUT2D eigenvalue weighted by molar-refractivity contribution is 0.0914. The average Bonchev–Trinajstić information content (AvgIpc) is 2.89. The van der Waals surface area contributed by atoms with Crippen molar-refractivity contribution in [2.75, 3.05) is 6.61 Å². The van der Waals surface area contributed by atoms with Gasteiger partial charge in [-0.2, -0.15) is 0 Å². The second-order valence-corrected chi connectivity index (χ2v) is 6.48. The van der Waals surface area contributed by atoms with Gasteiger partial charge in [-0.3, -0.25) is 4.79 Å². The smallest absolute Gasteiger partial charge is 0.262 e. The summed E-state index contributed by atoms with van der Waals surface area (Å²) in [5.74, 6) is 6.79. The number of nitrogens with one attached hydrogen (secondary N) is 1. The van der Waals surface area contributed by atoms with Crippen LogP contribution in [0.25, 0.3) is 0 Å². The summed E-state index contributed by atoms with van der Waals surface area (Å²) in [7, 11) is 0. The molecule has 1 aliphatic carbocycles. The van der Waals surface area contributed by atoms with Crippen molar-refractivity contribution >= 4 is 17.2 Å². The van der Waals surface area contributed by atoms with E-state index in [-0.39, 0.29) is 18.6 Å². The number of aliphatic hydroxyl groups excluding tert-OH is 1. The molecular formula is C16H21NO2S. The zero-order valence-electron chi connectivity index (χ0n) is 12.0. The number of carbonyl (C=O) groups is 1.